The molecular formula is C23H28FNO5. The van der Waals surface area contributed by atoms with Crippen LogP contribution in [0.3, 0.4) is 0 Å². The lowest BCUT2D eigenvalue weighted by Gasteiger charge is -2.35. The number of aliphatic hydroxyl groups is 1. The molecule has 0 amide bonds. The summed E-state index contributed by atoms with van der Waals surface area (Å²) in [7, 11) is 0. The Kier molecular flexibility index (Phi) is 6.61. The highest BCUT2D eigenvalue weighted by Gasteiger charge is 2.37. The second kappa shape index (κ2) is 9.00. The Bertz CT molecular complexity index is 938. The summed E-state index contributed by atoms with van der Waals surface area (Å²) in [6.45, 7) is 2.76. The number of benzene rings is 1. The quantitative estimate of drug-likeness (QED) is 0.634. The lowest BCUT2D eigenvalue weighted by Crippen LogP contribution is -2.34. The van der Waals surface area contributed by atoms with Crippen molar-refractivity contribution in [3.63, 3.8) is 0 Å². The van der Waals surface area contributed by atoms with E-state index >= 15 is 0 Å². The summed E-state index contributed by atoms with van der Waals surface area (Å²) in [5.41, 5.74) is 2.52. The highest BCUT2D eigenvalue weighted by atomic mass is 19.1. The summed E-state index contributed by atoms with van der Waals surface area (Å²) in [6, 6.07) is 4.80. The van der Waals surface area contributed by atoms with Crippen molar-refractivity contribution in [1.29, 1.82) is 0 Å². The van der Waals surface area contributed by atoms with Crippen molar-refractivity contribution in [1.82, 2.24) is 4.98 Å². The fraction of sp³-hybridized carbons (Fsp3) is 0.478. The third-order valence-corrected chi connectivity index (χ3v) is 6.08. The van der Waals surface area contributed by atoms with Crippen molar-refractivity contribution < 1.29 is 29.2 Å². The first-order valence-electron chi connectivity index (χ1n) is 10.2. The molecule has 30 heavy (non-hydrogen) atoms. The Morgan fingerprint density at radius 2 is 1.93 bits per heavy atom. The average Bonchev–Trinajstić information content (AvgIpc) is 2.74. The number of aromatic nitrogens is 1. The Labute approximate surface area is 175 Å². The number of hydrogen-bond acceptors (Lipinski definition) is 5. The Morgan fingerprint density at radius 1 is 1.23 bits per heavy atom. The normalized spacial score (nSPS) is 15.7. The molecule has 1 fully saturated rings. The first-order valence-corrected chi connectivity index (χ1v) is 10.2. The third-order valence-electron chi connectivity index (χ3n) is 6.08. The SMILES string of the molecule is Cc1cc(OCC(=O)O)c(F)c(C)c1Cc1ccc(O)c(C2(CO)CCCCC2)n1. The van der Waals surface area contributed by atoms with E-state index in [1.54, 1.807) is 19.1 Å². The molecule has 3 rings (SSSR count). The number of rotatable bonds is 7. The van der Waals surface area contributed by atoms with Gasteiger partial charge in [0.2, 0.25) is 0 Å². The molecule has 2 aromatic rings. The summed E-state index contributed by atoms with van der Waals surface area (Å²) in [5, 5.41) is 29.3. The third kappa shape index (κ3) is 4.41. The average molecular weight is 417 g/mol. The molecule has 7 heteroatoms. The van der Waals surface area contributed by atoms with Crippen LogP contribution in [0.4, 0.5) is 4.39 Å². The highest BCUT2D eigenvalue weighted by molar-refractivity contribution is 5.68. The number of halogens is 1. The molecule has 0 saturated heterocycles. The van der Waals surface area contributed by atoms with E-state index in [0.717, 1.165) is 43.2 Å². The number of aromatic hydroxyl groups is 1. The van der Waals surface area contributed by atoms with Crippen LogP contribution >= 0.6 is 0 Å². The van der Waals surface area contributed by atoms with Crippen molar-refractivity contribution >= 4 is 5.97 Å². The smallest absolute Gasteiger partial charge is 0.341 e. The molecule has 1 saturated carbocycles. The van der Waals surface area contributed by atoms with Crippen molar-refractivity contribution in [3.8, 4) is 11.5 Å². The zero-order valence-corrected chi connectivity index (χ0v) is 17.4. The first-order chi connectivity index (χ1) is 14.3. The van der Waals surface area contributed by atoms with Crippen molar-refractivity contribution in [2.75, 3.05) is 13.2 Å². The number of pyridine rings is 1. The molecule has 1 aliphatic rings. The van der Waals surface area contributed by atoms with Gasteiger partial charge in [0.1, 0.15) is 5.75 Å². The van der Waals surface area contributed by atoms with Gasteiger partial charge in [-0.3, -0.25) is 4.98 Å². The van der Waals surface area contributed by atoms with Gasteiger partial charge in [-0.25, -0.2) is 9.18 Å². The van der Waals surface area contributed by atoms with Crippen LogP contribution in [0.1, 0.15) is 60.2 Å². The van der Waals surface area contributed by atoms with Crippen molar-refractivity contribution in [2.45, 2.75) is 57.8 Å². The van der Waals surface area contributed by atoms with Gasteiger partial charge in [0.15, 0.2) is 18.2 Å². The molecule has 0 bridgehead atoms. The summed E-state index contributed by atoms with van der Waals surface area (Å²) in [4.78, 5) is 15.4. The molecule has 0 aliphatic heterocycles. The maximum absolute atomic E-state index is 14.7. The zero-order chi connectivity index (χ0) is 21.9. The Balaban J connectivity index is 1.93. The van der Waals surface area contributed by atoms with Gasteiger partial charge in [-0.15, -0.1) is 0 Å². The van der Waals surface area contributed by atoms with E-state index in [0.29, 0.717) is 23.4 Å². The molecule has 0 radical (unpaired) electrons. The number of aryl methyl sites for hydroxylation is 1. The largest absolute Gasteiger partial charge is 0.506 e. The first kappa shape index (κ1) is 22.0. The molecule has 1 heterocycles. The van der Waals surface area contributed by atoms with Crippen LogP contribution < -0.4 is 4.74 Å². The van der Waals surface area contributed by atoms with E-state index in [4.69, 9.17) is 9.84 Å². The summed E-state index contributed by atoms with van der Waals surface area (Å²) >= 11 is 0. The number of nitrogens with zero attached hydrogens (tertiary/aromatic N) is 1. The number of hydrogen-bond donors (Lipinski definition) is 3. The molecule has 1 aliphatic carbocycles. The van der Waals surface area contributed by atoms with Gasteiger partial charge in [-0.2, -0.15) is 0 Å². The Morgan fingerprint density at radius 3 is 2.57 bits per heavy atom. The van der Waals surface area contributed by atoms with Gasteiger partial charge in [0.25, 0.3) is 0 Å². The molecular weight excluding hydrogens is 389 g/mol. The summed E-state index contributed by atoms with van der Waals surface area (Å²) in [6.07, 6.45) is 4.96. The minimum absolute atomic E-state index is 0.0701. The van der Waals surface area contributed by atoms with Gasteiger partial charge in [0.05, 0.1) is 12.3 Å². The van der Waals surface area contributed by atoms with Crippen LogP contribution in [0.2, 0.25) is 0 Å². The molecule has 6 nitrogen and oxygen atoms in total. The minimum Gasteiger partial charge on any atom is -0.506 e. The van der Waals surface area contributed by atoms with Gasteiger partial charge < -0.3 is 20.1 Å². The second-order valence-corrected chi connectivity index (χ2v) is 8.14. The van der Waals surface area contributed by atoms with E-state index in [-0.39, 0.29) is 18.1 Å². The fourth-order valence-corrected chi connectivity index (χ4v) is 4.34. The Hall–Kier alpha value is -2.67. The van der Waals surface area contributed by atoms with E-state index in [1.165, 1.54) is 6.07 Å². The molecule has 0 atom stereocenters. The van der Waals surface area contributed by atoms with Crippen LogP contribution in [-0.2, 0) is 16.6 Å². The minimum atomic E-state index is -1.17. The lowest BCUT2D eigenvalue weighted by molar-refractivity contribution is -0.139. The number of carboxylic acids is 1. The zero-order valence-electron chi connectivity index (χ0n) is 17.4. The molecule has 162 valence electrons. The molecule has 0 spiro atoms. The summed E-state index contributed by atoms with van der Waals surface area (Å²) < 4.78 is 19.8. The number of aliphatic hydroxyl groups excluding tert-OH is 1. The topological polar surface area (TPSA) is 99.9 Å². The molecule has 1 aromatic heterocycles. The number of aliphatic carboxylic acids is 1. The highest BCUT2D eigenvalue weighted by Crippen LogP contribution is 2.42. The van der Waals surface area contributed by atoms with Crippen LogP contribution in [0.25, 0.3) is 0 Å². The number of ether oxygens (including phenoxy) is 1. The van der Waals surface area contributed by atoms with E-state index < -0.39 is 23.8 Å². The van der Waals surface area contributed by atoms with Gasteiger partial charge in [0, 0.05) is 17.5 Å². The maximum atomic E-state index is 14.7. The monoisotopic (exact) mass is 417 g/mol. The van der Waals surface area contributed by atoms with Gasteiger partial charge in [-0.05, 0) is 61.6 Å². The predicted octanol–water partition coefficient (Wildman–Crippen LogP) is 3.79. The van der Waals surface area contributed by atoms with Crippen molar-refractivity contribution in [3.05, 3.63) is 52.1 Å². The van der Waals surface area contributed by atoms with Crippen molar-refractivity contribution in [2.24, 2.45) is 0 Å². The standard InChI is InChI=1S/C23H28FNO5/c1-14-10-19(30-12-20(28)29)21(24)15(2)17(14)11-16-6-7-18(27)22(25-16)23(13-26)8-4-3-5-9-23/h6-7,10,26-27H,3-5,8-9,11-13H2,1-2H3,(H,28,29). The van der Waals surface area contributed by atoms with Crippen LogP contribution in [-0.4, -0.2) is 39.5 Å². The number of carboxylic acid groups (broad SMARTS) is 1. The number of carbonyl (C=O) groups is 1. The van der Waals surface area contributed by atoms with Crippen LogP contribution in [0.5, 0.6) is 11.5 Å². The van der Waals surface area contributed by atoms with Gasteiger partial charge in [-0.1, -0.05) is 19.3 Å². The van der Waals surface area contributed by atoms with Crippen LogP contribution in [0.15, 0.2) is 18.2 Å². The van der Waals surface area contributed by atoms with E-state index in [1.807, 2.05) is 6.92 Å². The molecule has 0 unspecified atom stereocenters. The predicted molar refractivity (Wildman–Crippen MR) is 110 cm³/mol. The molecule has 1 aromatic carbocycles. The second-order valence-electron chi connectivity index (χ2n) is 8.14. The van der Waals surface area contributed by atoms with E-state index in [9.17, 15) is 19.4 Å². The molecule has 3 N–H and O–H groups in total. The summed E-state index contributed by atoms with van der Waals surface area (Å²) in [5.74, 6) is -1.77. The lowest BCUT2D eigenvalue weighted by atomic mass is 9.72. The van der Waals surface area contributed by atoms with Crippen LogP contribution in [0, 0.1) is 19.7 Å². The van der Waals surface area contributed by atoms with E-state index in [2.05, 4.69) is 4.98 Å². The van der Waals surface area contributed by atoms with Gasteiger partial charge >= 0.3 is 5.97 Å². The maximum Gasteiger partial charge on any atom is 0.341 e. The fourth-order valence-electron chi connectivity index (χ4n) is 4.34.